The number of rotatable bonds is 4. The van der Waals surface area contributed by atoms with Crippen LogP contribution in [0.3, 0.4) is 0 Å². The molecule has 2 aromatic rings. The first kappa shape index (κ1) is 11.7. The predicted octanol–water partition coefficient (Wildman–Crippen LogP) is 2.76. The third kappa shape index (κ3) is 2.47. The van der Waals surface area contributed by atoms with Crippen molar-refractivity contribution in [2.75, 3.05) is 0 Å². The van der Waals surface area contributed by atoms with Gasteiger partial charge in [-0.25, -0.2) is 0 Å². The molecular weight excluding hydrogens is 208 g/mol. The van der Waals surface area contributed by atoms with Gasteiger partial charge in [0, 0.05) is 12.5 Å². The summed E-state index contributed by atoms with van der Waals surface area (Å²) in [4.78, 5) is 0. The van der Waals surface area contributed by atoms with Crippen molar-refractivity contribution in [2.45, 2.75) is 18.9 Å². The molecule has 2 rings (SSSR count). The van der Waals surface area contributed by atoms with Crippen LogP contribution in [0.4, 0.5) is 0 Å². The lowest BCUT2D eigenvalue weighted by atomic mass is 9.96. The Hall–Kier alpha value is -1.82. The maximum Gasteiger partial charge on any atom is 0.0475 e. The van der Waals surface area contributed by atoms with Crippen LogP contribution >= 0.6 is 0 Å². The van der Waals surface area contributed by atoms with Crippen LogP contribution in [0.2, 0.25) is 0 Å². The highest BCUT2D eigenvalue weighted by Crippen LogP contribution is 2.26. The molecule has 2 nitrogen and oxygen atoms in total. The van der Waals surface area contributed by atoms with E-state index in [-0.39, 0.29) is 6.04 Å². The third-order valence-electron chi connectivity index (χ3n) is 2.98. The molecule has 0 spiro atoms. The fourth-order valence-electron chi connectivity index (χ4n) is 2.11. The molecule has 2 aromatic carbocycles. The molecule has 0 fully saturated rings. The molecule has 3 N–H and O–H groups in total. The number of hydrogen-bond acceptors (Lipinski definition) is 2. The van der Waals surface area contributed by atoms with Gasteiger partial charge in [-0.2, -0.15) is 0 Å². The lowest BCUT2D eigenvalue weighted by Crippen LogP contribution is -2.28. The summed E-state index contributed by atoms with van der Waals surface area (Å²) in [5.41, 5.74) is 4.06. The van der Waals surface area contributed by atoms with Gasteiger partial charge >= 0.3 is 0 Å². The van der Waals surface area contributed by atoms with E-state index in [1.165, 1.54) is 16.3 Å². The average Bonchev–Trinajstić information content (AvgIpc) is 2.40. The van der Waals surface area contributed by atoms with Gasteiger partial charge in [0.2, 0.25) is 0 Å². The zero-order valence-corrected chi connectivity index (χ0v) is 9.69. The topological polar surface area (TPSA) is 38.0 Å². The van der Waals surface area contributed by atoms with Crippen LogP contribution in [0.5, 0.6) is 0 Å². The zero-order valence-electron chi connectivity index (χ0n) is 9.69. The Balaban J connectivity index is 2.43. The molecule has 2 heteroatoms. The van der Waals surface area contributed by atoms with Gasteiger partial charge < -0.3 is 0 Å². The van der Waals surface area contributed by atoms with E-state index in [9.17, 15) is 0 Å². The SMILES string of the molecule is C#CCCC(NN)c1cccc2ccccc12. The molecular formula is C15H16N2. The van der Waals surface area contributed by atoms with E-state index in [0.29, 0.717) is 0 Å². The van der Waals surface area contributed by atoms with Crippen molar-refractivity contribution in [1.82, 2.24) is 5.43 Å². The number of fused-ring (bicyclic) bond motifs is 1. The standard InChI is InChI=1S/C15H16N2/c1-2-3-11-15(17-16)14-10-6-8-12-7-4-5-9-13(12)14/h1,4-10,15,17H,3,11,16H2. The second kappa shape index (κ2) is 5.49. The molecule has 0 amide bonds. The van der Waals surface area contributed by atoms with E-state index in [2.05, 4.69) is 41.7 Å². The third-order valence-corrected chi connectivity index (χ3v) is 2.98. The van der Waals surface area contributed by atoms with Crippen LogP contribution in [0.15, 0.2) is 42.5 Å². The Morgan fingerprint density at radius 2 is 1.94 bits per heavy atom. The molecule has 1 unspecified atom stereocenters. The molecule has 0 aromatic heterocycles. The molecule has 0 saturated carbocycles. The van der Waals surface area contributed by atoms with Crippen molar-refractivity contribution >= 4 is 10.8 Å². The van der Waals surface area contributed by atoms with Crippen molar-refractivity contribution in [3.8, 4) is 12.3 Å². The maximum absolute atomic E-state index is 5.62. The minimum atomic E-state index is 0.108. The summed E-state index contributed by atoms with van der Waals surface area (Å²) < 4.78 is 0. The second-order valence-electron chi connectivity index (χ2n) is 4.03. The van der Waals surface area contributed by atoms with Gasteiger partial charge in [-0.15, -0.1) is 12.3 Å². The van der Waals surface area contributed by atoms with E-state index >= 15 is 0 Å². The number of benzene rings is 2. The van der Waals surface area contributed by atoms with Crippen molar-refractivity contribution in [2.24, 2.45) is 5.84 Å². The molecule has 0 saturated heterocycles. The quantitative estimate of drug-likeness (QED) is 0.476. The Labute approximate surface area is 102 Å². The number of nitrogens with one attached hydrogen (secondary N) is 1. The molecule has 1 atom stereocenters. The average molecular weight is 224 g/mol. The minimum Gasteiger partial charge on any atom is -0.271 e. The van der Waals surface area contributed by atoms with E-state index in [4.69, 9.17) is 12.3 Å². The van der Waals surface area contributed by atoms with Gasteiger partial charge in [0.25, 0.3) is 0 Å². The smallest absolute Gasteiger partial charge is 0.0475 e. The van der Waals surface area contributed by atoms with E-state index in [0.717, 1.165) is 12.8 Å². The monoisotopic (exact) mass is 224 g/mol. The number of hydrazine groups is 1. The number of terminal acetylenes is 1. The first-order valence-corrected chi connectivity index (χ1v) is 5.74. The van der Waals surface area contributed by atoms with Gasteiger partial charge in [-0.3, -0.25) is 11.3 Å². The van der Waals surface area contributed by atoms with Crippen molar-refractivity contribution in [1.29, 1.82) is 0 Å². The minimum absolute atomic E-state index is 0.108. The van der Waals surface area contributed by atoms with Gasteiger partial charge in [0.05, 0.1) is 0 Å². The summed E-state index contributed by atoms with van der Waals surface area (Å²) in [5.74, 6) is 8.27. The van der Waals surface area contributed by atoms with Crippen LogP contribution in [0, 0.1) is 12.3 Å². The Bertz CT molecular complexity index is 535. The van der Waals surface area contributed by atoms with E-state index in [1.54, 1.807) is 0 Å². The Morgan fingerprint density at radius 1 is 1.18 bits per heavy atom. The van der Waals surface area contributed by atoms with Crippen LogP contribution < -0.4 is 11.3 Å². The largest absolute Gasteiger partial charge is 0.271 e. The zero-order chi connectivity index (χ0) is 12.1. The van der Waals surface area contributed by atoms with Crippen LogP contribution in [-0.2, 0) is 0 Å². The molecule has 0 bridgehead atoms. The summed E-state index contributed by atoms with van der Waals surface area (Å²) in [6, 6.07) is 14.7. The molecule has 86 valence electrons. The highest BCUT2D eigenvalue weighted by Gasteiger charge is 2.11. The molecule has 0 aliphatic carbocycles. The summed E-state index contributed by atoms with van der Waals surface area (Å²) >= 11 is 0. The number of nitrogens with two attached hydrogens (primary N) is 1. The fourth-order valence-corrected chi connectivity index (χ4v) is 2.11. The molecule has 0 heterocycles. The van der Waals surface area contributed by atoms with Crippen molar-refractivity contribution in [3.63, 3.8) is 0 Å². The Kier molecular flexibility index (Phi) is 3.77. The summed E-state index contributed by atoms with van der Waals surface area (Å²) in [6.45, 7) is 0. The summed E-state index contributed by atoms with van der Waals surface area (Å²) in [7, 11) is 0. The van der Waals surface area contributed by atoms with E-state index < -0.39 is 0 Å². The second-order valence-corrected chi connectivity index (χ2v) is 4.03. The lowest BCUT2D eigenvalue weighted by Gasteiger charge is -2.17. The van der Waals surface area contributed by atoms with Crippen molar-refractivity contribution < 1.29 is 0 Å². The van der Waals surface area contributed by atoms with Crippen LogP contribution in [0.1, 0.15) is 24.4 Å². The Morgan fingerprint density at radius 3 is 2.71 bits per heavy atom. The summed E-state index contributed by atoms with van der Waals surface area (Å²) in [5, 5.41) is 2.46. The fraction of sp³-hybridized carbons (Fsp3) is 0.200. The predicted molar refractivity (Wildman–Crippen MR) is 72.1 cm³/mol. The van der Waals surface area contributed by atoms with Crippen LogP contribution in [0.25, 0.3) is 10.8 Å². The first-order valence-electron chi connectivity index (χ1n) is 5.74. The molecule has 0 radical (unpaired) electrons. The highest BCUT2D eigenvalue weighted by molar-refractivity contribution is 5.86. The van der Waals surface area contributed by atoms with Gasteiger partial charge in [-0.1, -0.05) is 42.5 Å². The first-order chi connectivity index (χ1) is 8.36. The lowest BCUT2D eigenvalue weighted by molar-refractivity contribution is 0.527. The molecule has 0 aliphatic heterocycles. The molecule has 0 aliphatic rings. The maximum atomic E-state index is 5.62. The number of hydrogen-bond donors (Lipinski definition) is 2. The molecule has 17 heavy (non-hydrogen) atoms. The summed E-state index contributed by atoms with van der Waals surface area (Å²) in [6.07, 6.45) is 6.87. The normalized spacial score (nSPS) is 12.2. The van der Waals surface area contributed by atoms with Crippen LogP contribution in [-0.4, -0.2) is 0 Å². The highest BCUT2D eigenvalue weighted by atomic mass is 15.2. The van der Waals surface area contributed by atoms with Crippen molar-refractivity contribution in [3.05, 3.63) is 48.0 Å². The van der Waals surface area contributed by atoms with Gasteiger partial charge in [-0.05, 0) is 22.8 Å². The van der Waals surface area contributed by atoms with Gasteiger partial charge in [0.1, 0.15) is 0 Å². The van der Waals surface area contributed by atoms with Gasteiger partial charge in [0.15, 0.2) is 0 Å². The van der Waals surface area contributed by atoms with E-state index in [1.807, 2.05) is 12.1 Å².